The highest BCUT2D eigenvalue weighted by atomic mass is 16.5. The number of ether oxygens (including phenoxy) is 1. The molecule has 0 radical (unpaired) electrons. The van der Waals surface area contributed by atoms with E-state index in [0.717, 1.165) is 31.2 Å². The Bertz CT molecular complexity index is 643. The summed E-state index contributed by atoms with van der Waals surface area (Å²) in [5, 5.41) is 2.68. The van der Waals surface area contributed by atoms with E-state index < -0.39 is 5.54 Å². The maximum atomic E-state index is 13.1. The highest BCUT2D eigenvalue weighted by molar-refractivity contribution is 5.95. The third kappa shape index (κ3) is 3.05. The van der Waals surface area contributed by atoms with Gasteiger partial charge in [-0.25, -0.2) is 0 Å². The van der Waals surface area contributed by atoms with Gasteiger partial charge in [-0.2, -0.15) is 0 Å². The van der Waals surface area contributed by atoms with Crippen molar-refractivity contribution < 1.29 is 14.3 Å². The zero-order valence-corrected chi connectivity index (χ0v) is 14.6. The van der Waals surface area contributed by atoms with E-state index in [2.05, 4.69) is 11.4 Å². The molecule has 1 aromatic carbocycles. The van der Waals surface area contributed by atoms with Crippen molar-refractivity contribution in [2.24, 2.45) is 0 Å². The molecule has 2 amide bonds. The van der Waals surface area contributed by atoms with Crippen LogP contribution in [0.5, 0.6) is 0 Å². The molecule has 0 saturated carbocycles. The van der Waals surface area contributed by atoms with Gasteiger partial charge < -0.3 is 15.0 Å². The first-order valence-electron chi connectivity index (χ1n) is 8.73. The van der Waals surface area contributed by atoms with Gasteiger partial charge in [-0.1, -0.05) is 6.07 Å². The Morgan fingerprint density at radius 3 is 2.79 bits per heavy atom. The van der Waals surface area contributed by atoms with Crippen LogP contribution in [0, 0.1) is 0 Å². The Kier molecular flexibility index (Phi) is 4.90. The van der Waals surface area contributed by atoms with E-state index in [1.807, 2.05) is 17.0 Å². The Hall–Kier alpha value is -1.88. The third-order valence-electron chi connectivity index (χ3n) is 5.37. The summed E-state index contributed by atoms with van der Waals surface area (Å²) >= 11 is 0. The summed E-state index contributed by atoms with van der Waals surface area (Å²) in [7, 11) is 3.26. The Morgan fingerprint density at radius 2 is 2.04 bits per heavy atom. The second-order valence-corrected chi connectivity index (χ2v) is 6.90. The van der Waals surface area contributed by atoms with E-state index >= 15 is 0 Å². The number of hydrogen-bond donors (Lipinski definition) is 1. The van der Waals surface area contributed by atoms with Crippen molar-refractivity contribution in [2.45, 2.75) is 44.1 Å². The van der Waals surface area contributed by atoms with Gasteiger partial charge in [0.2, 0.25) is 5.91 Å². The van der Waals surface area contributed by atoms with Gasteiger partial charge in [-0.3, -0.25) is 9.59 Å². The summed E-state index contributed by atoms with van der Waals surface area (Å²) in [5.74, 6) is -0.0381. The number of rotatable bonds is 5. The van der Waals surface area contributed by atoms with Crippen LogP contribution in [0.1, 0.15) is 47.2 Å². The topological polar surface area (TPSA) is 58.6 Å². The van der Waals surface area contributed by atoms with Crippen molar-refractivity contribution in [1.29, 1.82) is 0 Å². The molecule has 0 spiro atoms. The van der Waals surface area contributed by atoms with E-state index in [0.29, 0.717) is 13.2 Å². The minimum Gasteiger partial charge on any atom is -0.382 e. The molecule has 1 aliphatic carbocycles. The summed E-state index contributed by atoms with van der Waals surface area (Å²) in [6.45, 7) is 1.06. The SMILES string of the molecule is CNC(=O)C[C@]1(COC)CCCN1C(=O)c1ccc2c(c1)CCC2. The fourth-order valence-electron chi connectivity index (χ4n) is 4.16. The molecular formula is C19H26N2O3. The highest BCUT2D eigenvalue weighted by Gasteiger charge is 2.45. The second kappa shape index (κ2) is 6.93. The van der Waals surface area contributed by atoms with Gasteiger partial charge >= 0.3 is 0 Å². The van der Waals surface area contributed by atoms with Gasteiger partial charge in [-0.05, 0) is 55.4 Å². The summed E-state index contributed by atoms with van der Waals surface area (Å²) in [4.78, 5) is 27.0. The van der Waals surface area contributed by atoms with Crippen LogP contribution in [0.4, 0.5) is 0 Å². The normalized spacial score (nSPS) is 22.5. The second-order valence-electron chi connectivity index (χ2n) is 6.90. The van der Waals surface area contributed by atoms with Crippen molar-refractivity contribution in [2.75, 3.05) is 27.3 Å². The molecule has 1 heterocycles. The molecule has 5 heteroatoms. The van der Waals surface area contributed by atoms with Crippen molar-refractivity contribution in [3.8, 4) is 0 Å². The molecule has 1 aliphatic heterocycles. The smallest absolute Gasteiger partial charge is 0.254 e. The van der Waals surface area contributed by atoms with Gasteiger partial charge in [0, 0.05) is 26.3 Å². The standard InChI is InChI=1S/C19H26N2O3/c1-20-17(22)12-19(13-24-2)9-4-10-21(19)18(23)16-8-7-14-5-3-6-15(14)11-16/h7-8,11H,3-6,9-10,12-13H2,1-2H3,(H,20,22)/t19-/m0/s1. The monoisotopic (exact) mass is 330 g/mol. The minimum atomic E-state index is -0.537. The number of hydrogen-bond acceptors (Lipinski definition) is 3. The van der Waals surface area contributed by atoms with E-state index in [1.54, 1.807) is 14.2 Å². The minimum absolute atomic E-state index is 0.0168. The Morgan fingerprint density at radius 1 is 1.25 bits per heavy atom. The molecule has 0 aromatic heterocycles. The van der Waals surface area contributed by atoms with Crippen LogP contribution in [0.25, 0.3) is 0 Å². The molecule has 1 aromatic rings. The van der Waals surface area contributed by atoms with Crippen molar-refractivity contribution in [1.82, 2.24) is 10.2 Å². The van der Waals surface area contributed by atoms with Crippen molar-refractivity contribution in [3.63, 3.8) is 0 Å². The van der Waals surface area contributed by atoms with Crippen molar-refractivity contribution >= 4 is 11.8 Å². The number of amides is 2. The number of nitrogens with zero attached hydrogens (tertiary/aromatic N) is 1. The highest BCUT2D eigenvalue weighted by Crippen LogP contribution is 2.35. The first kappa shape index (κ1) is 17.0. The molecule has 1 atom stereocenters. The lowest BCUT2D eigenvalue weighted by Gasteiger charge is -2.37. The molecule has 1 fully saturated rings. The first-order chi connectivity index (χ1) is 11.6. The molecule has 1 saturated heterocycles. The number of aryl methyl sites for hydroxylation is 2. The lowest BCUT2D eigenvalue weighted by Crippen LogP contribution is -2.52. The quantitative estimate of drug-likeness (QED) is 0.897. The van der Waals surface area contributed by atoms with E-state index in [-0.39, 0.29) is 18.2 Å². The molecule has 3 rings (SSSR count). The van der Waals surface area contributed by atoms with Crippen LogP contribution >= 0.6 is 0 Å². The van der Waals surface area contributed by atoms with Gasteiger partial charge in [0.15, 0.2) is 0 Å². The van der Waals surface area contributed by atoms with E-state index in [1.165, 1.54) is 17.5 Å². The lowest BCUT2D eigenvalue weighted by molar-refractivity contribution is -0.123. The van der Waals surface area contributed by atoms with E-state index in [9.17, 15) is 9.59 Å². The number of carbonyl (C=O) groups excluding carboxylic acids is 2. The van der Waals surface area contributed by atoms with Crippen LogP contribution in [-0.2, 0) is 22.4 Å². The average Bonchev–Trinajstić information content (AvgIpc) is 3.20. The number of nitrogens with one attached hydrogen (secondary N) is 1. The fourth-order valence-corrected chi connectivity index (χ4v) is 4.16. The molecule has 0 bridgehead atoms. The Labute approximate surface area is 143 Å². The van der Waals surface area contributed by atoms with E-state index in [4.69, 9.17) is 4.74 Å². The summed E-state index contributed by atoms with van der Waals surface area (Å²) < 4.78 is 5.39. The molecule has 1 N–H and O–H groups in total. The van der Waals surface area contributed by atoms with Crippen molar-refractivity contribution in [3.05, 3.63) is 34.9 Å². The molecule has 2 aliphatic rings. The average molecular weight is 330 g/mol. The van der Waals surface area contributed by atoms with Gasteiger partial charge in [-0.15, -0.1) is 0 Å². The maximum Gasteiger partial charge on any atom is 0.254 e. The van der Waals surface area contributed by atoms with Gasteiger partial charge in [0.25, 0.3) is 5.91 Å². The Balaban J connectivity index is 1.87. The summed E-state index contributed by atoms with van der Waals surface area (Å²) in [6.07, 6.45) is 5.31. The number of carbonyl (C=O) groups is 2. The number of methoxy groups -OCH3 is 1. The molecule has 5 nitrogen and oxygen atoms in total. The van der Waals surface area contributed by atoms with Crippen LogP contribution in [-0.4, -0.2) is 49.6 Å². The van der Waals surface area contributed by atoms with Crippen LogP contribution < -0.4 is 5.32 Å². The van der Waals surface area contributed by atoms with Crippen LogP contribution in [0.3, 0.4) is 0 Å². The summed E-state index contributed by atoms with van der Waals surface area (Å²) in [6, 6.07) is 6.06. The maximum absolute atomic E-state index is 13.1. The fraction of sp³-hybridized carbons (Fsp3) is 0.579. The predicted molar refractivity (Wildman–Crippen MR) is 92.0 cm³/mol. The van der Waals surface area contributed by atoms with Gasteiger partial charge in [0.1, 0.15) is 0 Å². The molecule has 24 heavy (non-hydrogen) atoms. The number of benzene rings is 1. The number of fused-ring (bicyclic) bond motifs is 1. The molecule has 130 valence electrons. The number of likely N-dealkylation sites (tertiary alicyclic amines) is 1. The largest absolute Gasteiger partial charge is 0.382 e. The third-order valence-corrected chi connectivity index (χ3v) is 5.37. The summed E-state index contributed by atoms with van der Waals surface area (Å²) in [5.41, 5.74) is 2.85. The van der Waals surface area contributed by atoms with Crippen LogP contribution in [0.15, 0.2) is 18.2 Å². The zero-order chi connectivity index (χ0) is 17.2. The molecular weight excluding hydrogens is 304 g/mol. The van der Waals surface area contributed by atoms with Crippen LogP contribution in [0.2, 0.25) is 0 Å². The zero-order valence-electron chi connectivity index (χ0n) is 14.6. The lowest BCUT2D eigenvalue weighted by atomic mass is 9.91. The first-order valence-corrected chi connectivity index (χ1v) is 8.73. The van der Waals surface area contributed by atoms with Gasteiger partial charge in [0.05, 0.1) is 18.6 Å². The molecule has 0 unspecified atom stereocenters. The predicted octanol–water partition coefficient (Wildman–Crippen LogP) is 1.93.